The van der Waals surface area contributed by atoms with Crippen molar-refractivity contribution in [1.29, 1.82) is 0 Å². The Morgan fingerprint density at radius 3 is 2.73 bits per heavy atom. The van der Waals surface area contributed by atoms with Crippen LogP contribution in [0.1, 0.15) is 26.7 Å². The molecule has 1 atom stereocenters. The first-order chi connectivity index (χ1) is 12.1. The second-order valence-electron chi connectivity index (χ2n) is 6.58. The largest absolute Gasteiger partial charge is 0.356 e. The number of amides is 1. The molecular weight excluding hydrogens is 459 g/mol. The fraction of sp³-hybridized carbons (Fsp3) is 0.579. The molecule has 1 aliphatic rings. The number of hydrogen-bond acceptors (Lipinski definition) is 3. The van der Waals surface area contributed by atoms with Crippen molar-refractivity contribution in [2.45, 2.75) is 37.6 Å². The SMILES string of the molecule is CN=C(NCCCSc1ccccc1)NC1CCN(C(=O)C(C)C)C1.I. The Morgan fingerprint density at radius 2 is 2.08 bits per heavy atom. The van der Waals surface area contributed by atoms with Gasteiger partial charge < -0.3 is 15.5 Å². The monoisotopic (exact) mass is 490 g/mol. The summed E-state index contributed by atoms with van der Waals surface area (Å²) in [6.07, 6.45) is 2.05. The number of benzene rings is 1. The summed E-state index contributed by atoms with van der Waals surface area (Å²) in [5.74, 6) is 2.21. The first-order valence-electron chi connectivity index (χ1n) is 9.04. The lowest BCUT2D eigenvalue weighted by molar-refractivity contribution is -0.133. The molecule has 0 radical (unpaired) electrons. The summed E-state index contributed by atoms with van der Waals surface area (Å²) >= 11 is 1.87. The van der Waals surface area contributed by atoms with E-state index in [9.17, 15) is 4.79 Å². The van der Waals surface area contributed by atoms with Gasteiger partial charge in [0, 0.05) is 43.5 Å². The number of rotatable bonds is 7. The summed E-state index contributed by atoms with van der Waals surface area (Å²) < 4.78 is 0. The molecule has 1 fully saturated rings. The van der Waals surface area contributed by atoms with Gasteiger partial charge in [0.25, 0.3) is 0 Å². The molecule has 5 nitrogen and oxygen atoms in total. The van der Waals surface area contributed by atoms with Gasteiger partial charge >= 0.3 is 0 Å². The zero-order chi connectivity index (χ0) is 18.1. The van der Waals surface area contributed by atoms with Gasteiger partial charge in [0.1, 0.15) is 0 Å². The number of aliphatic imine (C=N–C) groups is 1. The van der Waals surface area contributed by atoms with Gasteiger partial charge in [-0.05, 0) is 30.7 Å². The summed E-state index contributed by atoms with van der Waals surface area (Å²) in [6.45, 7) is 6.40. The molecule has 0 aromatic heterocycles. The number of thioether (sulfide) groups is 1. The minimum absolute atomic E-state index is 0. The Hall–Kier alpha value is -0.960. The maximum Gasteiger partial charge on any atom is 0.225 e. The van der Waals surface area contributed by atoms with Crippen molar-refractivity contribution in [3.63, 3.8) is 0 Å². The Kier molecular flexibility index (Phi) is 11.0. The van der Waals surface area contributed by atoms with Crippen molar-refractivity contribution in [3.8, 4) is 0 Å². The summed E-state index contributed by atoms with van der Waals surface area (Å²) in [7, 11) is 1.79. The van der Waals surface area contributed by atoms with Crippen LogP contribution in [-0.2, 0) is 4.79 Å². The fourth-order valence-electron chi connectivity index (χ4n) is 2.82. The normalized spacial score (nSPS) is 17.2. The molecule has 1 heterocycles. The first kappa shape index (κ1) is 23.1. The zero-order valence-electron chi connectivity index (χ0n) is 15.9. The lowest BCUT2D eigenvalue weighted by Crippen LogP contribution is -2.45. The van der Waals surface area contributed by atoms with E-state index >= 15 is 0 Å². The molecule has 1 aromatic carbocycles. The Morgan fingerprint density at radius 1 is 1.35 bits per heavy atom. The van der Waals surface area contributed by atoms with Gasteiger partial charge in [-0.1, -0.05) is 32.0 Å². The number of guanidine groups is 1. The molecule has 7 heteroatoms. The topological polar surface area (TPSA) is 56.7 Å². The summed E-state index contributed by atoms with van der Waals surface area (Å²) in [5, 5.41) is 6.81. The van der Waals surface area contributed by atoms with Crippen molar-refractivity contribution in [2.24, 2.45) is 10.9 Å². The molecule has 26 heavy (non-hydrogen) atoms. The molecule has 1 aliphatic heterocycles. The third kappa shape index (κ3) is 7.73. The standard InChI is InChI=1S/C19H30N4OS.HI/c1-15(2)18(24)23-12-10-16(14-23)22-19(20-3)21-11-7-13-25-17-8-5-4-6-9-17;/h4-6,8-9,15-16H,7,10-14H2,1-3H3,(H2,20,21,22);1H. The van der Waals surface area contributed by atoms with Gasteiger partial charge in [0.05, 0.1) is 0 Å². The second-order valence-corrected chi connectivity index (χ2v) is 7.75. The van der Waals surface area contributed by atoms with Crippen LogP contribution in [0.3, 0.4) is 0 Å². The highest BCUT2D eigenvalue weighted by molar-refractivity contribution is 14.0. The molecule has 0 spiro atoms. The Bertz CT molecular complexity index is 568. The molecule has 0 bridgehead atoms. The molecule has 0 saturated carbocycles. The smallest absolute Gasteiger partial charge is 0.225 e. The van der Waals surface area contributed by atoms with Crippen molar-refractivity contribution in [1.82, 2.24) is 15.5 Å². The average Bonchev–Trinajstić information content (AvgIpc) is 3.09. The highest BCUT2D eigenvalue weighted by Gasteiger charge is 2.27. The van der Waals surface area contributed by atoms with Gasteiger partial charge in [-0.15, -0.1) is 35.7 Å². The third-order valence-corrected chi connectivity index (χ3v) is 5.28. The number of nitrogens with one attached hydrogen (secondary N) is 2. The fourth-order valence-corrected chi connectivity index (χ4v) is 3.69. The lowest BCUT2D eigenvalue weighted by Gasteiger charge is -2.20. The van der Waals surface area contributed by atoms with Crippen LogP contribution in [0.4, 0.5) is 0 Å². The van der Waals surface area contributed by atoms with E-state index in [1.807, 2.05) is 36.6 Å². The highest BCUT2D eigenvalue weighted by atomic mass is 127. The molecule has 2 rings (SSSR count). The van der Waals surface area contributed by atoms with E-state index in [1.165, 1.54) is 4.90 Å². The molecule has 0 aliphatic carbocycles. The quantitative estimate of drug-likeness (QED) is 0.203. The zero-order valence-corrected chi connectivity index (χ0v) is 19.1. The molecule has 1 saturated heterocycles. The minimum atomic E-state index is 0. The van der Waals surface area contributed by atoms with Crippen LogP contribution in [0.25, 0.3) is 0 Å². The molecule has 2 N–H and O–H groups in total. The van der Waals surface area contributed by atoms with Crippen LogP contribution in [0.2, 0.25) is 0 Å². The predicted molar refractivity (Wildman–Crippen MR) is 122 cm³/mol. The van der Waals surface area contributed by atoms with Crippen molar-refractivity contribution < 1.29 is 4.79 Å². The van der Waals surface area contributed by atoms with Gasteiger partial charge in [0.2, 0.25) is 5.91 Å². The lowest BCUT2D eigenvalue weighted by atomic mass is 10.2. The average molecular weight is 490 g/mol. The highest BCUT2D eigenvalue weighted by Crippen LogP contribution is 2.17. The number of halogens is 1. The van der Waals surface area contributed by atoms with Crippen LogP contribution in [0.15, 0.2) is 40.2 Å². The van der Waals surface area contributed by atoms with Gasteiger partial charge in [0.15, 0.2) is 5.96 Å². The third-order valence-electron chi connectivity index (χ3n) is 4.18. The summed E-state index contributed by atoms with van der Waals surface area (Å²) in [6, 6.07) is 10.8. The van der Waals surface area contributed by atoms with Crippen LogP contribution < -0.4 is 10.6 Å². The van der Waals surface area contributed by atoms with E-state index < -0.39 is 0 Å². The van der Waals surface area contributed by atoms with Gasteiger partial charge in [-0.25, -0.2) is 0 Å². The van der Waals surface area contributed by atoms with Crippen LogP contribution in [0, 0.1) is 5.92 Å². The number of carbonyl (C=O) groups is 1. The second kappa shape index (κ2) is 12.4. The van der Waals surface area contributed by atoms with E-state index in [4.69, 9.17) is 0 Å². The number of carbonyl (C=O) groups excluding carboxylic acids is 1. The molecule has 1 unspecified atom stereocenters. The summed E-state index contributed by atoms with van der Waals surface area (Å²) in [5.41, 5.74) is 0. The van der Waals surface area contributed by atoms with Gasteiger partial charge in [-0.2, -0.15) is 0 Å². The van der Waals surface area contributed by atoms with E-state index in [1.54, 1.807) is 7.05 Å². The van der Waals surface area contributed by atoms with E-state index in [2.05, 4.69) is 39.9 Å². The molecular formula is C19H31IN4OS. The molecule has 1 amide bonds. The maximum absolute atomic E-state index is 12.1. The predicted octanol–water partition coefficient (Wildman–Crippen LogP) is 3.21. The Balaban J connectivity index is 0.00000338. The number of likely N-dealkylation sites (tertiary alicyclic amines) is 1. The van der Waals surface area contributed by atoms with Crippen LogP contribution >= 0.6 is 35.7 Å². The Labute approximate surface area is 178 Å². The van der Waals surface area contributed by atoms with E-state index in [0.29, 0.717) is 0 Å². The number of hydrogen-bond donors (Lipinski definition) is 2. The van der Waals surface area contributed by atoms with Crippen LogP contribution in [0.5, 0.6) is 0 Å². The van der Waals surface area contributed by atoms with E-state index in [-0.39, 0.29) is 41.8 Å². The molecule has 146 valence electrons. The van der Waals surface area contributed by atoms with Gasteiger partial charge in [-0.3, -0.25) is 9.79 Å². The van der Waals surface area contributed by atoms with Crippen molar-refractivity contribution in [3.05, 3.63) is 30.3 Å². The number of nitrogens with zero attached hydrogens (tertiary/aromatic N) is 2. The van der Waals surface area contributed by atoms with Crippen molar-refractivity contribution >= 4 is 47.6 Å². The maximum atomic E-state index is 12.1. The van der Waals surface area contributed by atoms with E-state index in [0.717, 1.165) is 44.2 Å². The van der Waals surface area contributed by atoms with Crippen molar-refractivity contribution in [2.75, 3.05) is 32.4 Å². The minimum Gasteiger partial charge on any atom is -0.356 e. The molecule has 1 aromatic rings. The first-order valence-corrected chi connectivity index (χ1v) is 10.0. The van der Waals surface area contributed by atoms with Crippen LogP contribution in [-0.4, -0.2) is 55.2 Å². The summed E-state index contributed by atoms with van der Waals surface area (Å²) in [4.78, 5) is 19.6.